The van der Waals surface area contributed by atoms with Crippen LogP contribution in [-0.2, 0) is 6.61 Å². The third-order valence-corrected chi connectivity index (χ3v) is 4.09. The van der Waals surface area contributed by atoms with Gasteiger partial charge in [0, 0.05) is 11.6 Å². The van der Waals surface area contributed by atoms with Gasteiger partial charge in [-0.25, -0.2) is 13.8 Å². The molecule has 2 aromatic carbocycles. The molecule has 2 heterocycles. The smallest absolute Gasteiger partial charge is 0.156 e. The number of nitrogens with zero attached hydrogens (tertiary/aromatic N) is 2. The molecule has 5 nitrogen and oxygen atoms in total. The Kier molecular flexibility index (Phi) is 3.58. The van der Waals surface area contributed by atoms with Crippen molar-refractivity contribution in [2.24, 2.45) is 0 Å². The van der Waals surface area contributed by atoms with Crippen LogP contribution in [0.2, 0.25) is 0 Å². The maximum atomic E-state index is 14.2. The fourth-order valence-corrected chi connectivity index (χ4v) is 2.71. The lowest BCUT2D eigenvalue weighted by Gasteiger charge is -2.01. The first-order valence-corrected chi connectivity index (χ1v) is 7.66. The van der Waals surface area contributed by atoms with E-state index in [-0.39, 0.29) is 12.4 Å². The lowest BCUT2D eigenvalue weighted by molar-refractivity contribution is 0.281. The minimum atomic E-state index is -0.466. The van der Waals surface area contributed by atoms with Crippen molar-refractivity contribution in [1.82, 2.24) is 20.2 Å². The number of hydrogen-bond donors (Lipinski definition) is 3. The molecule has 0 spiro atoms. The van der Waals surface area contributed by atoms with Crippen LogP contribution >= 0.6 is 0 Å². The van der Waals surface area contributed by atoms with E-state index in [4.69, 9.17) is 5.11 Å². The van der Waals surface area contributed by atoms with E-state index >= 15 is 0 Å². The Bertz CT molecular complexity index is 1050. The maximum absolute atomic E-state index is 14.2. The van der Waals surface area contributed by atoms with Crippen LogP contribution in [0.3, 0.4) is 0 Å². The number of benzene rings is 2. The van der Waals surface area contributed by atoms with Gasteiger partial charge in [-0.2, -0.15) is 5.10 Å². The van der Waals surface area contributed by atoms with Gasteiger partial charge in [0.2, 0.25) is 0 Å². The number of halogens is 2. The molecule has 0 atom stereocenters. The molecule has 7 heteroatoms. The second-order valence-corrected chi connectivity index (χ2v) is 5.84. The van der Waals surface area contributed by atoms with Gasteiger partial charge >= 0.3 is 0 Å². The first-order valence-electron chi connectivity index (χ1n) is 7.66. The fraction of sp³-hybridized carbons (Fsp3) is 0.111. The van der Waals surface area contributed by atoms with E-state index in [9.17, 15) is 8.78 Å². The number of hydrogen-bond acceptors (Lipinski definition) is 3. The van der Waals surface area contributed by atoms with Gasteiger partial charge in [0.15, 0.2) is 5.82 Å². The van der Waals surface area contributed by atoms with Crippen LogP contribution in [0.25, 0.3) is 33.8 Å². The minimum absolute atomic E-state index is 0.224. The molecule has 4 aromatic rings. The molecular weight excluding hydrogens is 326 g/mol. The van der Waals surface area contributed by atoms with E-state index in [0.717, 1.165) is 0 Å². The first kappa shape index (κ1) is 15.5. The third-order valence-electron chi connectivity index (χ3n) is 4.09. The molecule has 0 aliphatic rings. The molecule has 126 valence electrons. The highest BCUT2D eigenvalue weighted by molar-refractivity contribution is 5.80. The van der Waals surface area contributed by atoms with Crippen molar-refractivity contribution in [3.8, 4) is 22.8 Å². The first-order chi connectivity index (χ1) is 12.0. The third kappa shape index (κ3) is 2.68. The standard InChI is InChI=1S/C18H14F2N4O/c1-9-4-15-16(6-12(9)19)22-18(21-15)17-7-14(23-24-17)11-3-2-10(8-25)5-13(11)20/h2-7,25H,8H2,1H3,(H,21,22)(H,23,24). The molecule has 0 saturated heterocycles. The summed E-state index contributed by atoms with van der Waals surface area (Å²) in [6.07, 6.45) is 0. The summed E-state index contributed by atoms with van der Waals surface area (Å²) < 4.78 is 27.8. The highest BCUT2D eigenvalue weighted by atomic mass is 19.1. The molecular formula is C18H14F2N4O. The van der Waals surface area contributed by atoms with Crippen molar-refractivity contribution in [1.29, 1.82) is 0 Å². The van der Waals surface area contributed by atoms with Gasteiger partial charge in [0.05, 0.1) is 23.3 Å². The summed E-state index contributed by atoms with van der Waals surface area (Å²) in [7, 11) is 0. The number of aromatic nitrogens is 4. The fourth-order valence-electron chi connectivity index (χ4n) is 2.71. The Labute approximate surface area is 141 Å². The van der Waals surface area contributed by atoms with E-state index in [0.29, 0.717) is 44.9 Å². The van der Waals surface area contributed by atoms with E-state index < -0.39 is 5.82 Å². The molecule has 0 unspecified atom stereocenters. The highest BCUT2D eigenvalue weighted by Gasteiger charge is 2.14. The summed E-state index contributed by atoms with van der Waals surface area (Å²) in [6, 6.07) is 9.20. The molecule has 0 bridgehead atoms. The number of imidazole rings is 1. The number of rotatable bonds is 3. The quantitative estimate of drug-likeness (QED) is 0.532. The molecule has 0 fully saturated rings. The minimum Gasteiger partial charge on any atom is -0.392 e. The largest absolute Gasteiger partial charge is 0.392 e. The predicted molar refractivity (Wildman–Crippen MR) is 89.7 cm³/mol. The Morgan fingerprint density at radius 2 is 1.92 bits per heavy atom. The lowest BCUT2D eigenvalue weighted by atomic mass is 10.1. The lowest BCUT2D eigenvalue weighted by Crippen LogP contribution is -1.89. The molecule has 0 saturated carbocycles. The normalized spacial score (nSPS) is 11.4. The zero-order chi connectivity index (χ0) is 17.6. The van der Waals surface area contributed by atoms with Crippen molar-refractivity contribution >= 4 is 11.0 Å². The number of aryl methyl sites for hydroxylation is 1. The molecule has 0 aliphatic carbocycles. The van der Waals surface area contributed by atoms with Crippen LogP contribution in [0.5, 0.6) is 0 Å². The summed E-state index contributed by atoms with van der Waals surface area (Å²) in [5.41, 5.74) is 3.54. The van der Waals surface area contributed by atoms with Crippen molar-refractivity contribution < 1.29 is 13.9 Å². The molecule has 0 amide bonds. The van der Waals surface area contributed by atoms with Crippen molar-refractivity contribution in [2.45, 2.75) is 13.5 Å². The molecule has 0 aliphatic heterocycles. The molecule has 0 radical (unpaired) electrons. The Morgan fingerprint density at radius 3 is 2.68 bits per heavy atom. The van der Waals surface area contributed by atoms with E-state index in [2.05, 4.69) is 20.2 Å². The average molecular weight is 340 g/mol. The number of fused-ring (bicyclic) bond motifs is 1. The summed E-state index contributed by atoms with van der Waals surface area (Å²) >= 11 is 0. The second-order valence-electron chi connectivity index (χ2n) is 5.84. The summed E-state index contributed by atoms with van der Waals surface area (Å²) in [5, 5.41) is 16.0. The molecule has 25 heavy (non-hydrogen) atoms. The zero-order valence-corrected chi connectivity index (χ0v) is 13.3. The summed E-state index contributed by atoms with van der Waals surface area (Å²) in [6.45, 7) is 1.46. The Hall–Kier alpha value is -3.06. The SMILES string of the molecule is Cc1cc2[nH]c(-c3cc(-c4ccc(CO)cc4F)n[nH]3)nc2cc1F. The van der Waals surface area contributed by atoms with E-state index in [1.165, 1.54) is 12.1 Å². The number of nitrogens with one attached hydrogen (secondary N) is 2. The van der Waals surface area contributed by atoms with Gasteiger partial charge < -0.3 is 10.1 Å². The Morgan fingerprint density at radius 1 is 1.08 bits per heavy atom. The number of aliphatic hydroxyl groups excluding tert-OH is 1. The monoisotopic (exact) mass is 340 g/mol. The van der Waals surface area contributed by atoms with E-state index in [1.807, 2.05) is 0 Å². The van der Waals surface area contributed by atoms with Crippen molar-refractivity contribution in [2.75, 3.05) is 0 Å². The summed E-state index contributed by atoms with van der Waals surface area (Å²) in [5.74, 6) is -0.292. The topological polar surface area (TPSA) is 77.6 Å². The number of aromatic amines is 2. The van der Waals surface area contributed by atoms with Crippen LogP contribution in [0.1, 0.15) is 11.1 Å². The maximum Gasteiger partial charge on any atom is 0.156 e. The van der Waals surface area contributed by atoms with Crippen molar-refractivity contribution in [3.05, 3.63) is 59.2 Å². The molecule has 3 N–H and O–H groups in total. The second kappa shape index (κ2) is 5.78. The number of aliphatic hydroxyl groups is 1. The van der Waals surface area contributed by atoms with Gasteiger partial charge in [-0.1, -0.05) is 6.07 Å². The molecule has 4 rings (SSSR count). The average Bonchev–Trinajstić information content (AvgIpc) is 3.22. The van der Waals surface area contributed by atoms with Gasteiger partial charge in [0.25, 0.3) is 0 Å². The van der Waals surface area contributed by atoms with Gasteiger partial charge in [-0.3, -0.25) is 5.10 Å². The van der Waals surface area contributed by atoms with Gasteiger partial charge in [0.1, 0.15) is 17.3 Å². The molecule has 2 aromatic heterocycles. The Balaban J connectivity index is 1.74. The highest BCUT2D eigenvalue weighted by Crippen LogP contribution is 2.27. The van der Waals surface area contributed by atoms with Crippen LogP contribution in [0.4, 0.5) is 8.78 Å². The van der Waals surface area contributed by atoms with Crippen LogP contribution in [0.15, 0.2) is 36.4 Å². The van der Waals surface area contributed by atoms with Crippen LogP contribution < -0.4 is 0 Å². The van der Waals surface area contributed by atoms with Crippen molar-refractivity contribution in [3.63, 3.8) is 0 Å². The zero-order valence-electron chi connectivity index (χ0n) is 13.3. The van der Waals surface area contributed by atoms with Crippen LogP contribution in [-0.4, -0.2) is 25.3 Å². The van der Waals surface area contributed by atoms with Gasteiger partial charge in [-0.15, -0.1) is 0 Å². The number of H-pyrrole nitrogens is 2. The van der Waals surface area contributed by atoms with E-state index in [1.54, 1.807) is 31.2 Å². The van der Waals surface area contributed by atoms with Crippen LogP contribution in [0, 0.1) is 18.6 Å². The summed E-state index contributed by atoms with van der Waals surface area (Å²) in [4.78, 5) is 7.45. The predicted octanol–water partition coefficient (Wildman–Crippen LogP) is 3.70. The van der Waals surface area contributed by atoms with Gasteiger partial charge in [-0.05, 0) is 42.3 Å².